The van der Waals surface area contributed by atoms with E-state index in [1.54, 1.807) is 17.3 Å². The third-order valence-corrected chi connectivity index (χ3v) is 4.99. The lowest BCUT2D eigenvalue weighted by Crippen LogP contribution is -2.45. The molecule has 0 aliphatic carbocycles. The average molecular weight is 360 g/mol. The van der Waals surface area contributed by atoms with E-state index in [1.165, 1.54) is 0 Å². The van der Waals surface area contributed by atoms with Gasteiger partial charge in [0.15, 0.2) is 5.82 Å². The zero-order chi connectivity index (χ0) is 19.1. The smallest absolute Gasteiger partial charge is 0.416 e. The Labute approximate surface area is 154 Å². The van der Waals surface area contributed by atoms with Crippen LogP contribution in [-0.2, 0) is 9.53 Å². The SMILES string of the molecule is CC(C)(C)C(=O)N1CCCC(c2cnc(N3C(=O)OCC3(C)C)cn2)C1. The molecule has 2 amide bonds. The predicted octanol–water partition coefficient (Wildman–Crippen LogP) is 2.96. The van der Waals surface area contributed by atoms with Gasteiger partial charge in [-0.3, -0.25) is 14.7 Å². The van der Waals surface area contributed by atoms with Gasteiger partial charge in [-0.05, 0) is 26.7 Å². The van der Waals surface area contributed by atoms with Gasteiger partial charge in [0.25, 0.3) is 0 Å². The van der Waals surface area contributed by atoms with Gasteiger partial charge in [-0.15, -0.1) is 0 Å². The van der Waals surface area contributed by atoms with Crippen LogP contribution in [0, 0.1) is 5.41 Å². The second-order valence-electron chi connectivity index (χ2n) is 8.84. The molecule has 2 aliphatic rings. The van der Waals surface area contributed by atoms with E-state index in [2.05, 4.69) is 9.97 Å². The molecule has 0 aromatic carbocycles. The Morgan fingerprint density at radius 2 is 2.00 bits per heavy atom. The van der Waals surface area contributed by atoms with Gasteiger partial charge in [0.2, 0.25) is 5.91 Å². The van der Waals surface area contributed by atoms with Crippen molar-refractivity contribution in [3.8, 4) is 0 Å². The minimum atomic E-state index is -0.436. The number of hydrogen-bond donors (Lipinski definition) is 0. The number of hydrogen-bond acceptors (Lipinski definition) is 5. The number of anilines is 1. The summed E-state index contributed by atoms with van der Waals surface area (Å²) in [5, 5.41) is 0. The van der Waals surface area contributed by atoms with Crippen LogP contribution in [0.5, 0.6) is 0 Å². The molecule has 0 saturated carbocycles. The van der Waals surface area contributed by atoms with E-state index in [1.807, 2.05) is 39.5 Å². The number of amides is 2. The fourth-order valence-corrected chi connectivity index (χ4v) is 3.55. The highest BCUT2D eigenvalue weighted by Crippen LogP contribution is 2.31. The Hall–Kier alpha value is -2.18. The molecule has 7 nitrogen and oxygen atoms in total. The van der Waals surface area contributed by atoms with Crippen LogP contribution in [-0.4, -0.2) is 52.1 Å². The van der Waals surface area contributed by atoms with E-state index in [4.69, 9.17) is 4.74 Å². The molecule has 2 saturated heterocycles. The molecule has 1 aromatic heterocycles. The number of aromatic nitrogens is 2. The van der Waals surface area contributed by atoms with Crippen LogP contribution in [0.25, 0.3) is 0 Å². The molecule has 142 valence electrons. The van der Waals surface area contributed by atoms with E-state index in [0.29, 0.717) is 19.0 Å². The van der Waals surface area contributed by atoms with Crippen molar-refractivity contribution in [2.24, 2.45) is 5.41 Å². The Balaban J connectivity index is 1.74. The first-order valence-corrected chi connectivity index (χ1v) is 9.18. The molecule has 2 fully saturated rings. The minimum absolute atomic E-state index is 0.174. The summed E-state index contributed by atoms with van der Waals surface area (Å²) in [6, 6.07) is 0. The van der Waals surface area contributed by atoms with Crippen molar-refractivity contribution in [3.05, 3.63) is 18.1 Å². The first-order chi connectivity index (χ1) is 12.1. The standard InChI is InChI=1S/C19H28N4O3/c1-18(2,3)16(24)22-8-6-7-13(11-22)14-9-21-15(10-20-14)23-17(25)26-12-19(23,4)5/h9-10,13H,6-8,11-12H2,1-5H3. The molecule has 0 bridgehead atoms. The fraction of sp³-hybridized carbons (Fsp3) is 0.684. The van der Waals surface area contributed by atoms with Crippen molar-refractivity contribution in [1.82, 2.24) is 14.9 Å². The normalized spacial score (nSPS) is 23.1. The zero-order valence-electron chi connectivity index (χ0n) is 16.3. The molecule has 0 radical (unpaired) electrons. The summed E-state index contributed by atoms with van der Waals surface area (Å²) in [4.78, 5) is 37.0. The van der Waals surface area contributed by atoms with Crippen LogP contribution in [0.3, 0.4) is 0 Å². The third kappa shape index (κ3) is 3.52. The van der Waals surface area contributed by atoms with E-state index >= 15 is 0 Å². The number of rotatable bonds is 2. The molecule has 1 atom stereocenters. The van der Waals surface area contributed by atoms with Gasteiger partial charge in [0.1, 0.15) is 6.61 Å². The van der Waals surface area contributed by atoms with Crippen molar-refractivity contribution in [1.29, 1.82) is 0 Å². The number of cyclic esters (lactones) is 1. The topological polar surface area (TPSA) is 75.6 Å². The summed E-state index contributed by atoms with van der Waals surface area (Å²) in [7, 11) is 0. The van der Waals surface area contributed by atoms with Gasteiger partial charge in [0, 0.05) is 24.4 Å². The van der Waals surface area contributed by atoms with Crippen molar-refractivity contribution in [2.45, 2.75) is 58.9 Å². The molecule has 1 aromatic rings. The molecular weight excluding hydrogens is 332 g/mol. The maximum atomic E-state index is 12.6. The second kappa shape index (κ2) is 6.52. The Morgan fingerprint density at radius 1 is 1.27 bits per heavy atom. The molecule has 0 N–H and O–H groups in total. The molecular formula is C19H28N4O3. The largest absolute Gasteiger partial charge is 0.447 e. The summed E-state index contributed by atoms with van der Waals surface area (Å²) in [6.07, 6.45) is 4.92. The van der Waals surface area contributed by atoms with Crippen LogP contribution in [0.4, 0.5) is 10.6 Å². The monoisotopic (exact) mass is 360 g/mol. The summed E-state index contributed by atoms with van der Waals surface area (Å²) in [5.41, 5.74) is 0.0539. The van der Waals surface area contributed by atoms with Gasteiger partial charge in [-0.1, -0.05) is 20.8 Å². The molecule has 1 unspecified atom stereocenters. The lowest BCUT2D eigenvalue weighted by Gasteiger charge is -2.36. The van der Waals surface area contributed by atoms with E-state index in [0.717, 1.165) is 25.1 Å². The highest BCUT2D eigenvalue weighted by atomic mass is 16.6. The number of likely N-dealkylation sites (tertiary alicyclic amines) is 1. The van der Waals surface area contributed by atoms with Gasteiger partial charge in [-0.25, -0.2) is 9.78 Å². The molecule has 2 aliphatic heterocycles. The molecule has 3 heterocycles. The summed E-state index contributed by atoms with van der Waals surface area (Å²) < 4.78 is 5.13. The molecule has 3 rings (SSSR count). The number of carbonyl (C=O) groups is 2. The third-order valence-electron chi connectivity index (χ3n) is 4.99. The van der Waals surface area contributed by atoms with Gasteiger partial charge in [0.05, 0.1) is 23.6 Å². The van der Waals surface area contributed by atoms with Crippen molar-refractivity contribution in [2.75, 3.05) is 24.6 Å². The summed E-state index contributed by atoms with van der Waals surface area (Å²) in [6.45, 7) is 11.5. The lowest BCUT2D eigenvalue weighted by atomic mass is 9.90. The van der Waals surface area contributed by atoms with Crippen LogP contribution in [0.1, 0.15) is 59.1 Å². The highest BCUT2D eigenvalue weighted by Gasteiger charge is 2.42. The maximum absolute atomic E-state index is 12.6. The van der Waals surface area contributed by atoms with Crippen LogP contribution < -0.4 is 4.90 Å². The number of piperidine rings is 1. The lowest BCUT2D eigenvalue weighted by molar-refractivity contribution is -0.140. The second-order valence-corrected chi connectivity index (χ2v) is 8.84. The van der Waals surface area contributed by atoms with Gasteiger partial charge >= 0.3 is 6.09 Å². The number of carbonyl (C=O) groups excluding carboxylic acids is 2. The van der Waals surface area contributed by atoms with E-state index in [9.17, 15) is 9.59 Å². The Kier molecular flexibility index (Phi) is 4.67. The number of nitrogens with zero attached hydrogens (tertiary/aromatic N) is 4. The average Bonchev–Trinajstić information content (AvgIpc) is 2.86. The molecule has 0 spiro atoms. The maximum Gasteiger partial charge on any atom is 0.416 e. The highest BCUT2D eigenvalue weighted by molar-refractivity contribution is 5.90. The predicted molar refractivity (Wildman–Crippen MR) is 97.9 cm³/mol. The van der Waals surface area contributed by atoms with Crippen molar-refractivity contribution >= 4 is 17.8 Å². The summed E-state index contributed by atoms with van der Waals surface area (Å²) in [5.74, 6) is 0.850. The Bertz CT molecular complexity index is 694. The Morgan fingerprint density at radius 3 is 2.54 bits per heavy atom. The quantitative estimate of drug-likeness (QED) is 0.810. The van der Waals surface area contributed by atoms with Crippen LogP contribution in [0.2, 0.25) is 0 Å². The van der Waals surface area contributed by atoms with E-state index in [-0.39, 0.29) is 17.2 Å². The summed E-state index contributed by atoms with van der Waals surface area (Å²) >= 11 is 0. The fourth-order valence-electron chi connectivity index (χ4n) is 3.55. The van der Waals surface area contributed by atoms with Crippen molar-refractivity contribution < 1.29 is 14.3 Å². The van der Waals surface area contributed by atoms with Gasteiger partial charge < -0.3 is 9.64 Å². The van der Waals surface area contributed by atoms with Crippen LogP contribution in [0.15, 0.2) is 12.4 Å². The minimum Gasteiger partial charge on any atom is -0.447 e. The first kappa shape index (κ1) is 18.6. The van der Waals surface area contributed by atoms with Crippen molar-refractivity contribution in [3.63, 3.8) is 0 Å². The first-order valence-electron chi connectivity index (χ1n) is 9.18. The molecule has 7 heteroatoms. The molecule has 26 heavy (non-hydrogen) atoms. The van der Waals surface area contributed by atoms with Crippen LogP contribution >= 0.6 is 0 Å². The number of ether oxygens (including phenoxy) is 1. The van der Waals surface area contributed by atoms with E-state index < -0.39 is 11.6 Å². The zero-order valence-corrected chi connectivity index (χ0v) is 16.3. The van der Waals surface area contributed by atoms with Gasteiger partial charge in [-0.2, -0.15) is 0 Å².